The van der Waals surface area contributed by atoms with E-state index < -0.39 is 10.0 Å². The van der Waals surface area contributed by atoms with Crippen LogP contribution in [0, 0.1) is 0 Å². The Kier molecular flexibility index (Phi) is 6.23. The normalized spacial score (nSPS) is 17.0. The van der Waals surface area contributed by atoms with Crippen molar-refractivity contribution in [2.75, 3.05) is 23.6 Å². The lowest BCUT2D eigenvalue weighted by molar-refractivity contribution is 0.0900. The maximum Gasteiger partial charge on any atom is 0.251 e. The average Bonchev–Trinajstić information content (AvgIpc) is 2.55. The van der Waals surface area contributed by atoms with Gasteiger partial charge in [-0.15, -0.1) is 0 Å². The molecule has 7 heteroatoms. The lowest BCUT2D eigenvalue weighted by Crippen LogP contribution is -2.46. The van der Waals surface area contributed by atoms with Crippen LogP contribution in [0.5, 0.6) is 0 Å². The van der Waals surface area contributed by atoms with E-state index in [1.165, 1.54) is 0 Å². The highest BCUT2D eigenvalue weighted by molar-refractivity contribution is 7.92. The fourth-order valence-corrected chi connectivity index (χ4v) is 3.43. The summed E-state index contributed by atoms with van der Waals surface area (Å²) in [5, 5.41) is 3.06. The summed E-state index contributed by atoms with van der Waals surface area (Å²) in [6.07, 6.45) is 1.87. The van der Waals surface area contributed by atoms with Gasteiger partial charge in [0.2, 0.25) is 10.0 Å². The Morgan fingerprint density at radius 1 is 1.29 bits per heavy atom. The molecule has 6 nitrogen and oxygen atoms in total. The van der Waals surface area contributed by atoms with Crippen molar-refractivity contribution in [3.8, 4) is 0 Å². The summed E-state index contributed by atoms with van der Waals surface area (Å²) in [4.78, 5) is 14.8. The predicted octanol–water partition coefficient (Wildman–Crippen LogP) is 2.05. The Morgan fingerprint density at radius 2 is 1.96 bits per heavy atom. The van der Waals surface area contributed by atoms with E-state index >= 15 is 0 Å². The van der Waals surface area contributed by atoms with Crippen LogP contribution in [-0.4, -0.2) is 50.2 Å². The quantitative estimate of drug-likeness (QED) is 0.820. The highest BCUT2D eigenvalue weighted by Crippen LogP contribution is 2.16. The van der Waals surface area contributed by atoms with Crippen molar-refractivity contribution >= 4 is 21.6 Å². The second-order valence-electron chi connectivity index (χ2n) is 6.46. The molecule has 0 bridgehead atoms. The van der Waals surface area contributed by atoms with Crippen molar-refractivity contribution in [1.29, 1.82) is 0 Å². The number of piperidine rings is 1. The highest BCUT2D eigenvalue weighted by atomic mass is 32.2. The minimum absolute atomic E-state index is 0.00213. The molecule has 0 unspecified atom stereocenters. The van der Waals surface area contributed by atoms with Gasteiger partial charge in [-0.3, -0.25) is 9.52 Å². The second kappa shape index (κ2) is 7.98. The molecule has 0 spiro atoms. The summed E-state index contributed by atoms with van der Waals surface area (Å²) in [6, 6.07) is 7.30. The number of hydrogen-bond donors (Lipinski definition) is 2. The molecule has 134 valence electrons. The Bertz CT molecular complexity index is 665. The van der Waals surface area contributed by atoms with Gasteiger partial charge in [-0.25, -0.2) is 8.42 Å². The van der Waals surface area contributed by atoms with Crippen LogP contribution in [0.25, 0.3) is 0 Å². The third kappa shape index (κ3) is 5.21. The maximum atomic E-state index is 12.4. The molecule has 0 aliphatic carbocycles. The number of likely N-dealkylation sites (tertiary alicyclic amines) is 1. The van der Waals surface area contributed by atoms with Crippen molar-refractivity contribution in [3.05, 3.63) is 29.8 Å². The van der Waals surface area contributed by atoms with Crippen molar-refractivity contribution in [1.82, 2.24) is 10.2 Å². The summed E-state index contributed by atoms with van der Waals surface area (Å²) in [6.45, 7) is 7.91. The van der Waals surface area contributed by atoms with Crippen LogP contribution in [0.1, 0.15) is 44.0 Å². The van der Waals surface area contributed by atoms with Crippen molar-refractivity contribution in [3.63, 3.8) is 0 Å². The van der Waals surface area contributed by atoms with E-state index in [4.69, 9.17) is 0 Å². The number of hydrogen-bond acceptors (Lipinski definition) is 4. The van der Waals surface area contributed by atoms with E-state index in [1.807, 2.05) is 0 Å². The Balaban J connectivity index is 1.96. The van der Waals surface area contributed by atoms with Crippen LogP contribution in [0.3, 0.4) is 0 Å². The van der Waals surface area contributed by atoms with E-state index in [2.05, 4.69) is 28.8 Å². The number of rotatable bonds is 6. The van der Waals surface area contributed by atoms with Crippen LogP contribution < -0.4 is 10.0 Å². The lowest BCUT2D eigenvalue weighted by atomic mass is 10.0. The van der Waals surface area contributed by atoms with Crippen LogP contribution in [0.2, 0.25) is 0 Å². The van der Waals surface area contributed by atoms with Gasteiger partial charge in [0.25, 0.3) is 5.91 Å². The molecule has 1 heterocycles. The first-order chi connectivity index (χ1) is 11.3. The van der Waals surface area contributed by atoms with Gasteiger partial charge in [0.05, 0.1) is 5.75 Å². The fraction of sp³-hybridized carbons (Fsp3) is 0.588. The Hall–Kier alpha value is -1.60. The molecule has 24 heavy (non-hydrogen) atoms. The Morgan fingerprint density at radius 3 is 2.54 bits per heavy atom. The largest absolute Gasteiger partial charge is 0.349 e. The number of sulfonamides is 1. The zero-order valence-corrected chi connectivity index (χ0v) is 15.4. The molecule has 2 N–H and O–H groups in total. The molecule has 0 radical (unpaired) electrons. The standard InChI is InChI=1S/C17H27N3O3S/c1-4-24(22,23)19-16-7-5-6-14(12-16)17(21)18-15-8-10-20(11-9-15)13(2)3/h5-7,12-13,15,19H,4,8-11H2,1-3H3,(H,18,21). The topological polar surface area (TPSA) is 78.5 Å². The van der Waals surface area contributed by atoms with E-state index in [-0.39, 0.29) is 17.7 Å². The van der Waals surface area contributed by atoms with Gasteiger partial charge in [-0.2, -0.15) is 0 Å². The Labute approximate surface area is 144 Å². The second-order valence-corrected chi connectivity index (χ2v) is 8.47. The molecular formula is C17H27N3O3S. The van der Waals surface area contributed by atoms with Gasteiger partial charge >= 0.3 is 0 Å². The van der Waals surface area contributed by atoms with Crippen LogP contribution in [0.15, 0.2) is 24.3 Å². The third-order valence-corrected chi connectivity index (χ3v) is 5.68. The molecule has 1 amide bonds. The van der Waals surface area contributed by atoms with E-state index in [9.17, 15) is 13.2 Å². The minimum atomic E-state index is -3.34. The number of benzene rings is 1. The molecule has 2 rings (SSSR count). The number of nitrogens with zero attached hydrogens (tertiary/aromatic N) is 1. The van der Waals surface area contributed by atoms with Gasteiger partial charge in [0.15, 0.2) is 0 Å². The monoisotopic (exact) mass is 353 g/mol. The van der Waals surface area contributed by atoms with Gasteiger partial charge in [0.1, 0.15) is 0 Å². The number of carbonyl (C=O) groups is 1. The molecular weight excluding hydrogens is 326 g/mol. The van der Waals surface area contributed by atoms with Gasteiger partial charge in [0, 0.05) is 36.4 Å². The highest BCUT2D eigenvalue weighted by Gasteiger charge is 2.22. The molecule has 1 fully saturated rings. The summed E-state index contributed by atoms with van der Waals surface area (Å²) < 4.78 is 25.7. The zero-order valence-electron chi connectivity index (χ0n) is 14.6. The van der Waals surface area contributed by atoms with Gasteiger partial charge in [-0.1, -0.05) is 6.07 Å². The molecule has 1 aliphatic heterocycles. The van der Waals surface area contributed by atoms with Gasteiger partial charge in [-0.05, 0) is 51.8 Å². The van der Waals surface area contributed by atoms with Crippen LogP contribution in [-0.2, 0) is 10.0 Å². The molecule has 1 aromatic carbocycles. The molecule has 1 aromatic rings. The lowest BCUT2D eigenvalue weighted by Gasteiger charge is -2.34. The number of carbonyl (C=O) groups excluding carboxylic acids is 1. The zero-order chi connectivity index (χ0) is 17.7. The van der Waals surface area contributed by atoms with Crippen LogP contribution >= 0.6 is 0 Å². The molecule has 1 aliphatic rings. The minimum Gasteiger partial charge on any atom is -0.349 e. The molecule has 0 atom stereocenters. The third-order valence-electron chi connectivity index (χ3n) is 4.37. The maximum absolute atomic E-state index is 12.4. The molecule has 0 aromatic heterocycles. The number of nitrogens with one attached hydrogen (secondary N) is 2. The first-order valence-electron chi connectivity index (χ1n) is 8.46. The smallest absolute Gasteiger partial charge is 0.251 e. The number of anilines is 1. The summed E-state index contributed by atoms with van der Waals surface area (Å²) in [7, 11) is -3.34. The van der Waals surface area contributed by atoms with E-state index in [1.54, 1.807) is 31.2 Å². The SMILES string of the molecule is CCS(=O)(=O)Nc1cccc(C(=O)NC2CCN(C(C)C)CC2)c1. The molecule has 1 saturated heterocycles. The fourth-order valence-electron chi connectivity index (χ4n) is 2.80. The van der Waals surface area contributed by atoms with Crippen LogP contribution in [0.4, 0.5) is 5.69 Å². The predicted molar refractivity (Wildman–Crippen MR) is 96.7 cm³/mol. The van der Waals surface area contributed by atoms with Gasteiger partial charge < -0.3 is 10.2 Å². The average molecular weight is 353 g/mol. The summed E-state index contributed by atoms with van der Waals surface area (Å²) in [5.41, 5.74) is 0.886. The molecule has 0 saturated carbocycles. The number of amides is 1. The first kappa shape index (κ1) is 18.7. The van der Waals surface area contributed by atoms with Crippen molar-refractivity contribution in [2.24, 2.45) is 0 Å². The summed E-state index contributed by atoms with van der Waals surface area (Å²) >= 11 is 0. The van der Waals surface area contributed by atoms with E-state index in [0.29, 0.717) is 17.3 Å². The van der Waals surface area contributed by atoms with Crippen molar-refractivity contribution < 1.29 is 13.2 Å². The summed E-state index contributed by atoms with van der Waals surface area (Å²) in [5.74, 6) is -0.159. The van der Waals surface area contributed by atoms with E-state index in [0.717, 1.165) is 25.9 Å². The van der Waals surface area contributed by atoms with Crippen molar-refractivity contribution in [2.45, 2.75) is 45.7 Å². The first-order valence-corrected chi connectivity index (χ1v) is 10.1.